The lowest BCUT2D eigenvalue weighted by Crippen LogP contribution is -2.33. The van der Waals surface area contributed by atoms with Crippen LogP contribution in [-0.2, 0) is 0 Å². The molecule has 0 saturated carbocycles. The van der Waals surface area contributed by atoms with Crippen molar-refractivity contribution < 1.29 is 4.79 Å². The molecule has 0 atom stereocenters. The number of carbonyl (C=O) groups excluding carboxylic acids is 1. The zero-order valence-electron chi connectivity index (χ0n) is 13.5. The molecule has 2 N–H and O–H groups in total. The van der Waals surface area contributed by atoms with E-state index < -0.39 is 0 Å². The molecular formula is C16H12N6OS3. The first-order valence-corrected chi connectivity index (χ1v) is 9.66. The van der Waals surface area contributed by atoms with Gasteiger partial charge in [-0.25, -0.2) is 0 Å². The molecule has 0 saturated heterocycles. The van der Waals surface area contributed by atoms with Crippen molar-refractivity contribution in [2.24, 2.45) is 0 Å². The summed E-state index contributed by atoms with van der Waals surface area (Å²) in [5, 5.41) is 21.2. The number of fused-ring (bicyclic) bond motifs is 1. The van der Waals surface area contributed by atoms with Crippen LogP contribution in [0.25, 0.3) is 15.5 Å². The Kier molecular flexibility index (Phi) is 4.45. The molecular weight excluding hydrogens is 388 g/mol. The first-order chi connectivity index (χ1) is 12.6. The van der Waals surface area contributed by atoms with E-state index >= 15 is 0 Å². The summed E-state index contributed by atoms with van der Waals surface area (Å²) in [6, 6.07) is 11.2. The fourth-order valence-corrected chi connectivity index (χ4v) is 3.98. The first kappa shape index (κ1) is 16.8. The number of carbonyl (C=O) groups is 1. The summed E-state index contributed by atoms with van der Waals surface area (Å²) in [5.74, 6) is 0.539. The van der Waals surface area contributed by atoms with Crippen molar-refractivity contribution >= 4 is 56.6 Å². The molecule has 26 heavy (non-hydrogen) atoms. The van der Waals surface area contributed by atoms with Crippen LogP contribution >= 0.6 is 34.9 Å². The lowest BCUT2D eigenvalue weighted by molar-refractivity contribution is 0.0981. The molecule has 1 amide bonds. The Bertz CT molecular complexity index is 1080. The lowest BCUT2D eigenvalue weighted by atomic mass is 10.2. The van der Waals surface area contributed by atoms with Gasteiger partial charge in [0.25, 0.3) is 5.91 Å². The summed E-state index contributed by atoms with van der Waals surface area (Å²) in [7, 11) is 0. The summed E-state index contributed by atoms with van der Waals surface area (Å²) in [4.78, 5) is 13.4. The predicted octanol–water partition coefficient (Wildman–Crippen LogP) is 3.35. The highest BCUT2D eigenvalue weighted by Crippen LogP contribution is 2.26. The number of anilines is 1. The van der Waals surface area contributed by atoms with E-state index in [1.54, 1.807) is 10.6 Å². The van der Waals surface area contributed by atoms with Gasteiger partial charge >= 0.3 is 0 Å². The summed E-state index contributed by atoms with van der Waals surface area (Å²) in [6.07, 6.45) is 0. The lowest BCUT2D eigenvalue weighted by Gasteiger charge is -2.09. The maximum atomic E-state index is 12.0. The number of nitrogens with zero attached hydrogens (tertiary/aromatic N) is 4. The standard InChI is InChI=1S/C16H12N6OS3/c1-9-19-20-16-22(9)21-14(26-16)10-4-6-11(7-5-10)17-15(24)18-13(23)12-3-2-8-25-12/h2-8H,1H3,(H2,17,18,23,24). The van der Waals surface area contributed by atoms with Gasteiger partial charge in [0.1, 0.15) is 5.01 Å². The van der Waals surface area contributed by atoms with E-state index in [1.807, 2.05) is 42.6 Å². The number of aryl methyl sites for hydroxylation is 1. The van der Waals surface area contributed by atoms with Crippen molar-refractivity contribution in [1.82, 2.24) is 25.1 Å². The number of aromatic nitrogens is 4. The van der Waals surface area contributed by atoms with Gasteiger partial charge in [0.15, 0.2) is 10.9 Å². The van der Waals surface area contributed by atoms with Gasteiger partial charge in [-0.3, -0.25) is 10.1 Å². The summed E-state index contributed by atoms with van der Waals surface area (Å²) in [5.41, 5.74) is 1.75. The van der Waals surface area contributed by atoms with Crippen LogP contribution in [0.15, 0.2) is 41.8 Å². The van der Waals surface area contributed by atoms with E-state index in [1.165, 1.54) is 22.7 Å². The molecule has 7 nitrogen and oxygen atoms in total. The predicted molar refractivity (Wildman–Crippen MR) is 107 cm³/mol. The van der Waals surface area contributed by atoms with Crippen LogP contribution in [-0.4, -0.2) is 30.8 Å². The third kappa shape index (κ3) is 3.34. The van der Waals surface area contributed by atoms with Gasteiger partial charge in [0.2, 0.25) is 4.96 Å². The molecule has 4 aromatic rings. The molecule has 4 rings (SSSR count). The van der Waals surface area contributed by atoms with Gasteiger partial charge in [-0.05, 0) is 54.9 Å². The number of hydrogen-bond acceptors (Lipinski definition) is 7. The van der Waals surface area contributed by atoms with Crippen molar-refractivity contribution in [2.75, 3.05) is 5.32 Å². The molecule has 0 spiro atoms. The number of hydrogen-bond donors (Lipinski definition) is 2. The fourth-order valence-electron chi connectivity index (χ4n) is 2.26. The van der Waals surface area contributed by atoms with Crippen molar-refractivity contribution in [2.45, 2.75) is 6.92 Å². The van der Waals surface area contributed by atoms with Gasteiger partial charge in [-0.2, -0.15) is 9.61 Å². The molecule has 3 aromatic heterocycles. The fraction of sp³-hybridized carbons (Fsp3) is 0.0625. The van der Waals surface area contributed by atoms with Crippen molar-refractivity contribution in [3.05, 3.63) is 52.5 Å². The topological polar surface area (TPSA) is 84.2 Å². The van der Waals surface area contributed by atoms with Gasteiger partial charge in [0, 0.05) is 11.3 Å². The molecule has 10 heteroatoms. The van der Waals surface area contributed by atoms with Gasteiger partial charge < -0.3 is 5.32 Å². The Morgan fingerprint density at radius 2 is 2.00 bits per heavy atom. The first-order valence-electron chi connectivity index (χ1n) is 7.55. The van der Waals surface area contributed by atoms with E-state index in [-0.39, 0.29) is 11.0 Å². The smallest absolute Gasteiger partial charge is 0.267 e. The second kappa shape index (κ2) is 6.90. The van der Waals surface area contributed by atoms with E-state index in [0.29, 0.717) is 4.88 Å². The molecule has 0 fully saturated rings. The minimum Gasteiger partial charge on any atom is -0.332 e. The molecule has 1 aromatic carbocycles. The molecule has 0 aliphatic heterocycles. The number of benzene rings is 1. The molecule has 3 heterocycles. The number of nitrogens with one attached hydrogen (secondary N) is 2. The quantitative estimate of drug-likeness (QED) is 0.513. The van der Waals surface area contributed by atoms with E-state index in [2.05, 4.69) is 25.9 Å². The molecule has 0 aliphatic carbocycles. The van der Waals surface area contributed by atoms with Crippen LogP contribution in [0.3, 0.4) is 0 Å². The monoisotopic (exact) mass is 400 g/mol. The second-order valence-corrected chi connectivity index (χ2v) is 7.62. The minimum absolute atomic E-state index is 0.218. The third-order valence-electron chi connectivity index (χ3n) is 3.51. The van der Waals surface area contributed by atoms with Crippen LogP contribution in [0.4, 0.5) is 5.69 Å². The Morgan fingerprint density at radius 1 is 1.19 bits per heavy atom. The number of thiophene rings is 1. The van der Waals surface area contributed by atoms with E-state index in [9.17, 15) is 4.79 Å². The molecule has 0 radical (unpaired) electrons. The van der Waals surface area contributed by atoms with Crippen LogP contribution in [0.5, 0.6) is 0 Å². The van der Waals surface area contributed by atoms with Crippen LogP contribution in [0.1, 0.15) is 15.5 Å². The highest BCUT2D eigenvalue weighted by atomic mass is 32.1. The highest BCUT2D eigenvalue weighted by Gasteiger charge is 2.11. The maximum Gasteiger partial charge on any atom is 0.267 e. The van der Waals surface area contributed by atoms with Gasteiger partial charge in [0.05, 0.1) is 4.88 Å². The largest absolute Gasteiger partial charge is 0.332 e. The molecule has 0 unspecified atom stereocenters. The van der Waals surface area contributed by atoms with Gasteiger partial charge in [-0.1, -0.05) is 17.4 Å². The minimum atomic E-state index is -0.218. The van der Waals surface area contributed by atoms with Crippen LogP contribution in [0.2, 0.25) is 0 Å². The Labute approximate surface area is 161 Å². The zero-order chi connectivity index (χ0) is 18.1. The number of rotatable bonds is 3. The van der Waals surface area contributed by atoms with Crippen molar-refractivity contribution in [3.63, 3.8) is 0 Å². The Morgan fingerprint density at radius 3 is 2.69 bits per heavy atom. The van der Waals surface area contributed by atoms with Crippen molar-refractivity contribution in [1.29, 1.82) is 0 Å². The second-order valence-electron chi connectivity index (χ2n) is 5.31. The highest BCUT2D eigenvalue weighted by molar-refractivity contribution is 7.80. The molecule has 0 bridgehead atoms. The van der Waals surface area contributed by atoms with Gasteiger partial charge in [-0.15, -0.1) is 21.5 Å². The zero-order valence-corrected chi connectivity index (χ0v) is 15.9. The summed E-state index contributed by atoms with van der Waals surface area (Å²) >= 11 is 8.03. The van der Waals surface area contributed by atoms with Crippen LogP contribution in [0, 0.1) is 6.92 Å². The SMILES string of the molecule is Cc1nnc2sc(-c3ccc(NC(=S)NC(=O)c4cccs4)cc3)nn12. The molecule has 0 aliphatic rings. The van der Waals surface area contributed by atoms with Crippen molar-refractivity contribution in [3.8, 4) is 10.6 Å². The summed E-state index contributed by atoms with van der Waals surface area (Å²) in [6.45, 7) is 1.86. The number of amides is 1. The Hall–Kier alpha value is -2.69. The average Bonchev–Trinajstić information content (AvgIpc) is 3.35. The van der Waals surface area contributed by atoms with Crippen LogP contribution < -0.4 is 10.6 Å². The number of thiocarbonyl (C=S) groups is 1. The molecule has 130 valence electrons. The average molecular weight is 401 g/mol. The van der Waals surface area contributed by atoms with E-state index in [0.717, 1.165) is 27.0 Å². The Balaban J connectivity index is 1.44. The normalized spacial score (nSPS) is 10.8. The third-order valence-corrected chi connectivity index (χ3v) is 5.53. The maximum absolute atomic E-state index is 12.0. The van der Waals surface area contributed by atoms with E-state index in [4.69, 9.17) is 12.2 Å². The summed E-state index contributed by atoms with van der Waals surface area (Å²) < 4.78 is 1.72.